The molecule has 0 N–H and O–H groups in total. The molecule has 0 spiro atoms. The van der Waals surface area contributed by atoms with Crippen molar-refractivity contribution in [3.8, 4) is 6.07 Å². The Balaban J connectivity index is 1.68. The molecule has 0 amide bonds. The zero-order valence-electron chi connectivity index (χ0n) is 17.7. The van der Waals surface area contributed by atoms with Crippen molar-refractivity contribution in [3.63, 3.8) is 0 Å². The number of alkyl halides is 4. The van der Waals surface area contributed by atoms with Crippen molar-refractivity contribution in [1.29, 1.82) is 5.26 Å². The van der Waals surface area contributed by atoms with E-state index in [-0.39, 0.29) is 0 Å². The van der Waals surface area contributed by atoms with Gasteiger partial charge in [-0.05, 0) is 47.9 Å². The highest BCUT2D eigenvalue weighted by Crippen LogP contribution is 2.30. The molecule has 1 atom stereocenters. The van der Waals surface area contributed by atoms with Gasteiger partial charge in [0.1, 0.15) is 12.5 Å². The molecule has 1 aromatic carbocycles. The van der Waals surface area contributed by atoms with E-state index < -0.39 is 24.5 Å². The van der Waals surface area contributed by atoms with Crippen molar-refractivity contribution in [2.75, 3.05) is 37.8 Å². The van der Waals surface area contributed by atoms with Crippen LogP contribution < -0.4 is 4.90 Å². The van der Waals surface area contributed by atoms with Crippen molar-refractivity contribution >= 4 is 11.4 Å². The molecular formula is C24H24F4N4. The number of allylic oxidation sites excluding steroid dienone is 1. The van der Waals surface area contributed by atoms with Gasteiger partial charge in [-0.15, -0.1) is 0 Å². The number of hydrogen-bond acceptors (Lipinski definition) is 4. The molecule has 8 heteroatoms. The van der Waals surface area contributed by atoms with Gasteiger partial charge < -0.3 is 4.90 Å². The highest BCUT2D eigenvalue weighted by molar-refractivity contribution is 5.77. The third-order valence-corrected chi connectivity index (χ3v) is 5.65. The van der Waals surface area contributed by atoms with Gasteiger partial charge in [-0.25, -0.2) is 9.37 Å². The lowest BCUT2D eigenvalue weighted by Crippen LogP contribution is -2.54. The molecular weight excluding hydrogens is 420 g/mol. The molecule has 1 aromatic heterocycles. The quantitative estimate of drug-likeness (QED) is 0.460. The van der Waals surface area contributed by atoms with E-state index in [1.807, 2.05) is 34.9 Å². The minimum absolute atomic E-state index is 0.329. The molecule has 1 saturated heterocycles. The number of pyridine rings is 1. The maximum absolute atomic E-state index is 13.9. The van der Waals surface area contributed by atoms with E-state index in [1.165, 1.54) is 6.07 Å². The Bertz CT molecular complexity index is 1000. The van der Waals surface area contributed by atoms with Gasteiger partial charge in [-0.2, -0.15) is 18.4 Å². The smallest absolute Gasteiger partial charge is 0.354 e. The Hall–Kier alpha value is -3.18. The van der Waals surface area contributed by atoms with Crippen LogP contribution >= 0.6 is 0 Å². The first-order valence-electron chi connectivity index (χ1n) is 10.2. The normalized spacial score (nSPS) is 17.8. The Kier molecular flexibility index (Phi) is 7.31. The predicted molar refractivity (Wildman–Crippen MR) is 117 cm³/mol. The number of nitrogens with zero attached hydrogens (tertiary/aromatic N) is 4. The third kappa shape index (κ3) is 5.35. The van der Waals surface area contributed by atoms with Crippen LogP contribution in [0.5, 0.6) is 0 Å². The van der Waals surface area contributed by atoms with Crippen LogP contribution in [0.15, 0.2) is 60.8 Å². The van der Waals surface area contributed by atoms with Crippen LogP contribution in [0.1, 0.15) is 23.6 Å². The first-order chi connectivity index (χ1) is 15.3. The topological polar surface area (TPSA) is 43.2 Å². The summed E-state index contributed by atoms with van der Waals surface area (Å²) in [5, 5.41) is 8.96. The average Bonchev–Trinajstić information content (AvgIpc) is 2.81. The molecule has 2 heterocycles. The first kappa shape index (κ1) is 23.5. The molecule has 1 aliphatic rings. The summed E-state index contributed by atoms with van der Waals surface area (Å²) in [4.78, 5) is 7.77. The molecule has 32 heavy (non-hydrogen) atoms. The van der Waals surface area contributed by atoms with Gasteiger partial charge in [-0.1, -0.05) is 24.8 Å². The SMILES string of the molecule is C=C(/C(=C\C)CN1CCN(c2ccc(C(F)(F)F)cn2)C[C@@H]1CF)c1ccc(C#N)cc1. The lowest BCUT2D eigenvalue weighted by Gasteiger charge is -2.41. The van der Waals surface area contributed by atoms with Crippen LogP contribution in [0.4, 0.5) is 23.4 Å². The molecule has 1 fully saturated rings. The lowest BCUT2D eigenvalue weighted by molar-refractivity contribution is -0.137. The molecule has 0 bridgehead atoms. The Morgan fingerprint density at radius 3 is 2.47 bits per heavy atom. The highest BCUT2D eigenvalue weighted by atomic mass is 19.4. The third-order valence-electron chi connectivity index (χ3n) is 5.65. The predicted octanol–water partition coefficient (Wildman–Crippen LogP) is 5.09. The molecule has 2 aromatic rings. The van der Waals surface area contributed by atoms with Gasteiger partial charge >= 0.3 is 6.18 Å². The van der Waals surface area contributed by atoms with Crippen LogP contribution in [-0.4, -0.2) is 48.8 Å². The number of halogens is 4. The number of piperazine rings is 1. The van der Waals surface area contributed by atoms with Gasteiger partial charge in [0.25, 0.3) is 0 Å². The van der Waals surface area contributed by atoms with Crippen LogP contribution in [0.2, 0.25) is 0 Å². The summed E-state index contributed by atoms with van der Waals surface area (Å²) in [6.07, 6.45) is -1.68. The van der Waals surface area contributed by atoms with E-state index in [0.717, 1.165) is 29.0 Å². The fraction of sp³-hybridized carbons (Fsp3) is 0.333. The first-order valence-corrected chi connectivity index (χ1v) is 10.2. The van der Waals surface area contributed by atoms with Crippen molar-refractivity contribution < 1.29 is 17.6 Å². The summed E-state index contributed by atoms with van der Waals surface area (Å²) >= 11 is 0. The number of aromatic nitrogens is 1. The molecule has 0 radical (unpaired) electrons. The fourth-order valence-corrected chi connectivity index (χ4v) is 3.71. The molecule has 4 nitrogen and oxygen atoms in total. The molecule has 0 saturated carbocycles. The number of nitriles is 1. The minimum atomic E-state index is -4.44. The van der Waals surface area contributed by atoms with E-state index >= 15 is 0 Å². The Morgan fingerprint density at radius 2 is 1.94 bits per heavy atom. The molecule has 168 valence electrons. The van der Waals surface area contributed by atoms with Gasteiger partial charge in [-0.3, -0.25) is 4.90 Å². The van der Waals surface area contributed by atoms with Crippen molar-refractivity contribution in [2.45, 2.75) is 19.1 Å². The van der Waals surface area contributed by atoms with Crippen molar-refractivity contribution in [3.05, 3.63) is 77.5 Å². The second-order valence-electron chi connectivity index (χ2n) is 7.61. The summed E-state index contributed by atoms with van der Waals surface area (Å²) < 4.78 is 52.2. The monoisotopic (exact) mass is 444 g/mol. The number of hydrogen-bond donors (Lipinski definition) is 0. The highest BCUT2D eigenvalue weighted by Gasteiger charge is 2.32. The van der Waals surface area contributed by atoms with Gasteiger partial charge in [0.15, 0.2) is 0 Å². The second kappa shape index (κ2) is 9.96. The number of rotatable bonds is 6. The van der Waals surface area contributed by atoms with Gasteiger partial charge in [0, 0.05) is 32.4 Å². The van der Waals surface area contributed by atoms with E-state index in [0.29, 0.717) is 37.6 Å². The van der Waals surface area contributed by atoms with Crippen LogP contribution in [0, 0.1) is 11.3 Å². The summed E-state index contributed by atoms with van der Waals surface area (Å²) in [5.74, 6) is 0.407. The summed E-state index contributed by atoms with van der Waals surface area (Å²) in [6.45, 7) is 7.38. The van der Waals surface area contributed by atoms with E-state index in [4.69, 9.17) is 5.26 Å². The standard InChI is InChI=1S/C24H24F4N4/c1-3-19(17(2)20-6-4-18(13-29)5-7-20)15-31-10-11-32(16-22(31)12-25)23-9-8-21(14-30-23)24(26,27)28/h3-9,14,22H,2,10-12,15-16H2,1H3/b19-3-/t22-/m0/s1. The molecule has 3 rings (SSSR count). The molecule has 1 aliphatic heterocycles. The van der Waals surface area contributed by atoms with E-state index in [9.17, 15) is 17.6 Å². The van der Waals surface area contributed by atoms with Crippen molar-refractivity contribution in [1.82, 2.24) is 9.88 Å². The average molecular weight is 444 g/mol. The van der Waals surface area contributed by atoms with Crippen LogP contribution in [0.3, 0.4) is 0 Å². The summed E-state index contributed by atoms with van der Waals surface area (Å²) in [7, 11) is 0. The van der Waals surface area contributed by atoms with Gasteiger partial charge in [0.2, 0.25) is 0 Å². The Morgan fingerprint density at radius 1 is 1.22 bits per heavy atom. The maximum Gasteiger partial charge on any atom is 0.417 e. The molecule has 0 unspecified atom stereocenters. The van der Waals surface area contributed by atoms with Gasteiger partial charge in [0.05, 0.1) is 23.2 Å². The number of anilines is 1. The van der Waals surface area contributed by atoms with Crippen molar-refractivity contribution in [2.24, 2.45) is 0 Å². The second-order valence-corrected chi connectivity index (χ2v) is 7.61. The molecule has 0 aliphatic carbocycles. The minimum Gasteiger partial charge on any atom is -0.354 e. The maximum atomic E-state index is 13.9. The zero-order valence-corrected chi connectivity index (χ0v) is 17.7. The zero-order chi connectivity index (χ0) is 23.3. The summed E-state index contributed by atoms with van der Waals surface area (Å²) in [5.41, 5.74) is 2.41. The number of benzene rings is 1. The van der Waals surface area contributed by atoms with E-state index in [2.05, 4.69) is 17.6 Å². The van der Waals surface area contributed by atoms with Crippen LogP contribution in [-0.2, 0) is 6.18 Å². The van der Waals surface area contributed by atoms with Crippen LogP contribution in [0.25, 0.3) is 5.57 Å². The Labute approximate surface area is 185 Å². The van der Waals surface area contributed by atoms with E-state index in [1.54, 1.807) is 12.1 Å². The fourth-order valence-electron chi connectivity index (χ4n) is 3.71. The largest absolute Gasteiger partial charge is 0.417 e. The lowest BCUT2D eigenvalue weighted by atomic mass is 9.97. The summed E-state index contributed by atoms with van der Waals surface area (Å²) in [6, 6.07) is 11.1.